The van der Waals surface area contributed by atoms with E-state index in [4.69, 9.17) is 8.94 Å². The maximum Gasteiger partial charge on any atom is 0.290 e. The number of carbonyl (C=O) groups is 2. The lowest BCUT2D eigenvalue weighted by molar-refractivity contribution is -0.119. The van der Waals surface area contributed by atoms with Gasteiger partial charge in [-0.05, 0) is 25.0 Å². The number of hydrogen-bond donors (Lipinski definition) is 1. The van der Waals surface area contributed by atoms with E-state index in [9.17, 15) is 9.59 Å². The van der Waals surface area contributed by atoms with Crippen molar-refractivity contribution in [1.29, 1.82) is 0 Å². The van der Waals surface area contributed by atoms with Crippen LogP contribution in [0.5, 0.6) is 0 Å². The molecule has 0 aliphatic carbocycles. The highest BCUT2D eigenvalue weighted by Crippen LogP contribution is 2.32. The van der Waals surface area contributed by atoms with Crippen LogP contribution in [-0.2, 0) is 11.3 Å². The van der Waals surface area contributed by atoms with Crippen LogP contribution in [0.2, 0.25) is 0 Å². The van der Waals surface area contributed by atoms with Crippen LogP contribution in [0, 0.1) is 0 Å². The Morgan fingerprint density at radius 1 is 1.40 bits per heavy atom. The van der Waals surface area contributed by atoms with Crippen LogP contribution < -0.4 is 5.32 Å². The van der Waals surface area contributed by atoms with Gasteiger partial charge in [-0.1, -0.05) is 19.0 Å². The molecule has 1 N–H and O–H groups in total. The fraction of sp³-hybridized carbons (Fsp3) is 0.529. The molecule has 0 bridgehead atoms. The minimum absolute atomic E-state index is 0.146. The lowest BCUT2D eigenvalue weighted by atomic mass is 10.2. The summed E-state index contributed by atoms with van der Waals surface area (Å²) in [5.74, 6) is 1.70. The van der Waals surface area contributed by atoms with Gasteiger partial charge in [0, 0.05) is 19.4 Å². The van der Waals surface area contributed by atoms with Crippen LogP contribution in [0.25, 0.3) is 0 Å². The van der Waals surface area contributed by atoms with Gasteiger partial charge in [0.25, 0.3) is 5.91 Å². The Balaban J connectivity index is 1.73. The molecule has 1 aliphatic rings. The zero-order chi connectivity index (χ0) is 18.0. The standard InChI is InChI=1S/C17H22N4O4/c1-10(2)16-19-15(20-25-16)13-5-4-8-21(13)17(23)14-7-6-12(24-14)9-18-11(3)22/h6-7,10,13H,4-5,8-9H2,1-3H3,(H,18,22). The molecule has 0 saturated carbocycles. The largest absolute Gasteiger partial charge is 0.454 e. The number of rotatable bonds is 5. The number of aromatic nitrogens is 2. The quantitative estimate of drug-likeness (QED) is 0.892. The Hall–Kier alpha value is -2.64. The van der Waals surface area contributed by atoms with Crippen LogP contribution in [0.3, 0.4) is 0 Å². The Bertz CT molecular complexity index is 764. The average Bonchev–Trinajstić information content (AvgIpc) is 3.30. The van der Waals surface area contributed by atoms with E-state index >= 15 is 0 Å². The molecule has 25 heavy (non-hydrogen) atoms. The number of hydrogen-bond acceptors (Lipinski definition) is 6. The van der Waals surface area contributed by atoms with Crippen molar-refractivity contribution in [2.75, 3.05) is 6.54 Å². The van der Waals surface area contributed by atoms with Gasteiger partial charge in [0.1, 0.15) is 5.76 Å². The van der Waals surface area contributed by atoms with Crippen molar-refractivity contribution in [3.05, 3.63) is 35.4 Å². The highest BCUT2D eigenvalue weighted by Gasteiger charge is 2.35. The van der Waals surface area contributed by atoms with Crippen LogP contribution in [-0.4, -0.2) is 33.4 Å². The lowest BCUT2D eigenvalue weighted by Crippen LogP contribution is -2.30. The van der Waals surface area contributed by atoms with Crippen LogP contribution in [0.1, 0.15) is 73.6 Å². The maximum absolute atomic E-state index is 12.8. The third kappa shape index (κ3) is 3.72. The third-order valence-corrected chi connectivity index (χ3v) is 4.15. The summed E-state index contributed by atoms with van der Waals surface area (Å²) < 4.78 is 10.8. The highest BCUT2D eigenvalue weighted by atomic mass is 16.5. The normalized spacial score (nSPS) is 17.3. The fourth-order valence-corrected chi connectivity index (χ4v) is 2.84. The van der Waals surface area contributed by atoms with E-state index in [0.29, 0.717) is 24.0 Å². The summed E-state index contributed by atoms with van der Waals surface area (Å²) in [5, 5.41) is 6.68. The monoisotopic (exact) mass is 346 g/mol. The van der Waals surface area contributed by atoms with Gasteiger partial charge in [0.15, 0.2) is 11.6 Å². The molecule has 2 amide bonds. The van der Waals surface area contributed by atoms with Gasteiger partial charge in [0.2, 0.25) is 11.8 Å². The van der Waals surface area contributed by atoms with Gasteiger partial charge < -0.3 is 19.2 Å². The van der Waals surface area contributed by atoms with Gasteiger partial charge in [-0.2, -0.15) is 4.98 Å². The van der Waals surface area contributed by atoms with Crippen molar-refractivity contribution in [3.8, 4) is 0 Å². The molecule has 3 heterocycles. The van der Waals surface area contributed by atoms with Crippen molar-refractivity contribution in [1.82, 2.24) is 20.4 Å². The molecule has 1 unspecified atom stereocenters. The van der Waals surface area contributed by atoms with Crippen LogP contribution in [0.4, 0.5) is 0 Å². The molecule has 1 saturated heterocycles. The first-order valence-corrected chi connectivity index (χ1v) is 8.43. The molecule has 1 aliphatic heterocycles. The predicted molar refractivity (Wildman–Crippen MR) is 87.6 cm³/mol. The molecule has 3 rings (SSSR count). The van der Waals surface area contributed by atoms with E-state index in [0.717, 1.165) is 12.8 Å². The maximum atomic E-state index is 12.8. The molecule has 2 aromatic heterocycles. The summed E-state index contributed by atoms with van der Waals surface area (Å²) in [6, 6.07) is 3.12. The number of likely N-dealkylation sites (tertiary alicyclic amines) is 1. The number of nitrogens with one attached hydrogen (secondary N) is 1. The van der Waals surface area contributed by atoms with Crippen LogP contribution in [0.15, 0.2) is 21.1 Å². The summed E-state index contributed by atoms with van der Waals surface area (Å²) >= 11 is 0. The first-order chi connectivity index (χ1) is 12.0. The van der Waals surface area contributed by atoms with E-state index in [1.165, 1.54) is 6.92 Å². The Morgan fingerprint density at radius 3 is 2.88 bits per heavy atom. The average molecular weight is 346 g/mol. The Kier molecular flexibility index (Phi) is 4.87. The second kappa shape index (κ2) is 7.08. The minimum atomic E-state index is -0.201. The summed E-state index contributed by atoms with van der Waals surface area (Å²) in [6.45, 7) is 6.27. The van der Waals surface area contributed by atoms with Gasteiger partial charge in [0.05, 0.1) is 12.6 Å². The highest BCUT2D eigenvalue weighted by molar-refractivity contribution is 5.92. The third-order valence-electron chi connectivity index (χ3n) is 4.15. The van der Waals surface area contributed by atoms with Crippen molar-refractivity contribution >= 4 is 11.8 Å². The molecule has 2 aromatic rings. The van der Waals surface area contributed by atoms with E-state index in [2.05, 4.69) is 15.5 Å². The molecular formula is C17H22N4O4. The summed E-state index contributed by atoms with van der Waals surface area (Å²) in [7, 11) is 0. The van der Waals surface area contributed by atoms with E-state index in [1.807, 2.05) is 13.8 Å². The predicted octanol–water partition coefficient (Wildman–Crippen LogP) is 2.40. The van der Waals surface area contributed by atoms with Gasteiger partial charge in [-0.15, -0.1) is 0 Å². The number of nitrogens with zero attached hydrogens (tertiary/aromatic N) is 3. The molecule has 1 atom stereocenters. The molecule has 0 spiro atoms. The molecule has 8 heteroatoms. The summed E-state index contributed by atoms with van der Waals surface area (Å²) in [5.41, 5.74) is 0. The molecule has 134 valence electrons. The SMILES string of the molecule is CC(=O)NCc1ccc(C(=O)N2CCCC2c2noc(C(C)C)n2)o1. The molecule has 0 radical (unpaired) electrons. The molecule has 1 fully saturated rings. The Morgan fingerprint density at radius 2 is 2.20 bits per heavy atom. The second-order valence-electron chi connectivity index (χ2n) is 6.48. The van der Waals surface area contributed by atoms with Gasteiger partial charge >= 0.3 is 0 Å². The number of carbonyl (C=O) groups excluding carboxylic acids is 2. The lowest BCUT2D eigenvalue weighted by Gasteiger charge is -2.20. The zero-order valence-electron chi connectivity index (χ0n) is 14.6. The Labute approximate surface area is 145 Å². The van der Waals surface area contributed by atoms with Crippen molar-refractivity contribution < 1.29 is 18.5 Å². The zero-order valence-corrected chi connectivity index (χ0v) is 14.6. The van der Waals surface area contributed by atoms with Gasteiger partial charge in [-0.3, -0.25) is 9.59 Å². The van der Waals surface area contributed by atoms with E-state index in [-0.39, 0.29) is 36.1 Å². The van der Waals surface area contributed by atoms with E-state index in [1.54, 1.807) is 17.0 Å². The van der Waals surface area contributed by atoms with E-state index < -0.39 is 0 Å². The van der Waals surface area contributed by atoms with Gasteiger partial charge in [-0.25, -0.2) is 0 Å². The number of furan rings is 1. The molecular weight excluding hydrogens is 324 g/mol. The first-order valence-electron chi connectivity index (χ1n) is 8.43. The minimum Gasteiger partial charge on any atom is -0.454 e. The molecule has 8 nitrogen and oxygen atoms in total. The summed E-state index contributed by atoms with van der Waals surface area (Å²) in [6.07, 6.45) is 1.67. The van der Waals surface area contributed by atoms with Crippen LogP contribution >= 0.6 is 0 Å². The topological polar surface area (TPSA) is 101 Å². The second-order valence-corrected chi connectivity index (χ2v) is 6.48. The fourth-order valence-electron chi connectivity index (χ4n) is 2.84. The van der Waals surface area contributed by atoms with Crippen molar-refractivity contribution in [2.24, 2.45) is 0 Å². The van der Waals surface area contributed by atoms with Crippen molar-refractivity contribution in [2.45, 2.75) is 52.1 Å². The first kappa shape index (κ1) is 17.2. The smallest absolute Gasteiger partial charge is 0.290 e. The van der Waals surface area contributed by atoms with Crippen molar-refractivity contribution in [3.63, 3.8) is 0 Å². The number of amides is 2. The summed E-state index contributed by atoms with van der Waals surface area (Å²) in [4.78, 5) is 29.9. The molecule has 0 aromatic carbocycles.